The molecule has 0 unspecified atom stereocenters. The maximum absolute atomic E-state index is 14.1. The number of fused-ring (bicyclic) bond motifs is 1. The van der Waals surface area contributed by atoms with Crippen LogP contribution in [0.15, 0.2) is 24.4 Å². The number of rotatable bonds is 6. The number of aromatic nitrogens is 1. The number of likely N-dealkylation sites (N-methyl/N-ethyl adjacent to an activating group) is 1. The van der Waals surface area contributed by atoms with Crippen molar-refractivity contribution in [1.29, 1.82) is 0 Å². The molecule has 0 N–H and O–H groups in total. The average molecular weight is 276 g/mol. The number of ketones is 1. The summed E-state index contributed by atoms with van der Waals surface area (Å²) in [5, 5.41) is 0.706. The van der Waals surface area contributed by atoms with E-state index in [9.17, 15) is 9.18 Å². The lowest BCUT2D eigenvalue weighted by molar-refractivity contribution is 0.101. The van der Waals surface area contributed by atoms with Crippen LogP contribution in [-0.2, 0) is 6.54 Å². The summed E-state index contributed by atoms with van der Waals surface area (Å²) in [4.78, 5) is 14.0. The Kier molecular flexibility index (Phi) is 4.55. The monoisotopic (exact) mass is 276 g/mol. The van der Waals surface area contributed by atoms with Crippen LogP contribution in [0.1, 0.15) is 31.1 Å². The number of nitrogens with zero attached hydrogens (tertiary/aromatic N) is 2. The van der Waals surface area contributed by atoms with Crippen LogP contribution >= 0.6 is 0 Å². The Balaban J connectivity index is 2.40. The molecule has 108 valence electrons. The predicted octanol–water partition coefficient (Wildman–Crippen LogP) is 3.32. The highest BCUT2D eigenvalue weighted by atomic mass is 19.1. The fourth-order valence-corrected chi connectivity index (χ4v) is 2.56. The Morgan fingerprint density at radius 2 is 2.00 bits per heavy atom. The Labute approximate surface area is 119 Å². The maximum atomic E-state index is 14.1. The van der Waals surface area contributed by atoms with E-state index in [-0.39, 0.29) is 11.6 Å². The van der Waals surface area contributed by atoms with Gasteiger partial charge in [0.05, 0.1) is 5.52 Å². The zero-order chi connectivity index (χ0) is 14.7. The Morgan fingerprint density at radius 3 is 2.60 bits per heavy atom. The van der Waals surface area contributed by atoms with Gasteiger partial charge in [0.15, 0.2) is 5.78 Å². The number of halogens is 1. The quantitative estimate of drug-likeness (QED) is 0.756. The lowest BCUT2D eigenvalue weighted by Gasteiger charge is -2.18. The van der Waals surface area contributed by atoms with E-state index in [1.807, 2.05) is 10.6 Å². The van der Waals surface area contributed by atoms with Gasteiger partial charge in [-0.15, -0.1) is 0 Å². The summed E-state index contributed by atoms with van der Waals surface area (Å²) in [6, 6.07) is 4.90. The van der Waals surface area contributed by atoms with Crippen molar-refractivity contribution in [2.45, 2.75) is 27.3 Å². The van der Waals surface area contributed by atoms with Crippen molar-refractivity contribution in [2.75, 3.05) is 19.6 Å². The normalized spacial score (nSPS) is 11.4. The predicted molar refractivity (Wildman–Crippen MR) is 79.7 cm³/mol. The molecule has 20 heavy (non-hydrogen) atoms. The van der Waals surface area contributed by atoms with Gasteiger partial charge >= 0.3 is 0 Å². The maximum Gasteiger partial charge on any atom is 0.161 e. The molecule has 0 saturated carbocycles. The topological polar surface area (TPSA) is 25.2 Å². The highest BCUT2D eigenvalue weighted by molar-refractivity contribution is 6.07. The Morgan fingerprint density at radius 1 is 1.30 bits per heavy atom. The summed E-state index contributed by atoms with van der Waals surface area (Å²) < 4.78 is 15.9. The van der Waals surface area contributed by atoms with Gasteiger partial charge in [-0.25, -0.2) is 4.39 Å². The third kappa shape index (κ3) is 2.75. The number of hydrogen-bond acceptors (Lipinski definition) is 2. The van der Waals surface area contributed by atoms with Gasteiger partial charge in [-0.2, -0.15) is 0 Å². The van der Waals surface area contributed by atoms with Gasteiger partial charge < -0.3 is 9.47 Å². The van der Waals surface area contributed by atoms with Crippen molar-refractivity contribution in [2.24, 2.45) is 0 Å². The lowest BCUT2D eigenvalue weighted by Crippen LogP contribution is -2.26. The highest BCUT2D eigenvalue weighted by Crippen LogP contribution is 2.24. The first-order valence-electron chi connectivity index (χ1n) is 7.09. The molecule has 0 amide bonds. The molecule has 0 radical (unpaired) electrons. The van der Waals surface area contributed by atoms with Crippen molar-refractivity contribution in [3.63, 3.8) is 0 Å². The molecule has 0 spiro atoms. The second-order valence-electron chi connectivity index (χ2n) is 4.96. The third-order valence-electron chi connectivity index (χ3n) is 3.78. The molecule has 4 heteroatoms. The molecule has 2 aromatic rings. The Bertz CT molecular complexity index is 614. The van der Waals surface area contributed by atoms with Crippen molar-refractivity contribution >= 4 is 16.7 Å². The van der Waals surface area contributed by atoms with Crippen molar-refractivity contribution < 1.29 is 9.18 Å². The smallest absolute Gasteiger partial charge is 0.161 e. The van der Waals surface area contributed by atoms with E-state index in [1.165, 1.54) is 13.0 Å². The van der Waals surface area contributed by atoms with Gasteiger partial charge in [0.2, 0.25) is 0 Å². The van der Waals surface area contributed by atoms with E-state index in [1.54, 1.807) is 12.3 Å². The molecule has 0 aliphatic carbocycles. The number of hydrogen-bond donors (Lipinski definition) is 0. The zero-order valence-electron chi connectivity index (χ0n) is 12.3. The number of para-hydroxylation sites is 1. The summed E-state index contributed by atoms with van der Waals surface area (Å²) in [5.41, 5.74) is 1.13. The summed E-state index contributed by atoms with van der Waals surface area (Å²) in [6.45, 7) is 9.22. The van der Waals surface area contributed by atoms with Gasteiger partial charge in [0.1, 0.15) is 5.82 Å². The van der Waals surface area contributed by atoms with E-state index in [0.29, 0.717) is 23.0 Å². The lowest BCUT2D eigenvalue weighted by atomic mass is 10.1. The largest absolute Gasteiger partial charge is 0.343 e. The van der Waals surface area contributed by atoms with E-state index in [4.69, 9.17) is 0 Å². The summed E-state index contributed by atoms with van der Waals surface area (Å²) in [7, 11) is 0. The van der Waals surface area contributed by atoms with Gasteiger partial charge in [0, 0.05) is 30.2 Å². The van der Waals surface area contributed by atoms with Crippen LogP contribution in [-0.4, -0.2) is 34.9 Å². The average Bonchev–Trinajstić information content (AvgIpc) is 2.80. The second-order valence-corrected chi connectivity index (χ2v) is 4.96. The van der Waals surface area contributed by atoms with Crippen LogP contribution in [0.2, 0.25) is 0 Å². The van der Waals surface area contributed by atoms with Gasteiger partial charge in [-0.3, -0.25) is 4.79 Å². The first-order chi connectivity index (χ1) is 9.58. The van der Waals surface area contributed by atoms with E-state index >= 15 is 0 Å². The molecule has 0 aliphatic heterocycles. The molecular formula is C16H21FN2O. The standard InChI is InChI=1S/C16H21FN2O/c1-4-18(5-2)9-10-19-11-14(12(3)20)13-7-6-8-15(17)16(13)19/h6-8,11H,4-5,9-10H2,1-3H3. The summed E-state index contributed by atoms with van der Waals surface area (Å²) >= 11 is 0. The van der Waals surface area contributed by atoms with Crippen molar-refractivity contribution in [1.82, 2.24) is 9.47 Å². The van der Waals surface area contributed by atoms with E-state index < -0.39 is 0 Å². The number of carbonyl (C=O) groups is 1. The molecule has 1 heterocycles. The van der Waals surface area contributed by atoms with Crippen LogP contribution in [0.5, 0.6) is 0 Å². The molecule has 1 aromatic heterocycles. The van der Waals surface area contributed by atoms with Crippen LogP contribution in [0.25, 0.3) is 10.9 Å². The molecule has 0 bridgehead atoms. The molecule has 0 aliphatic rings. The van der Waals surface area contributed by atoms with Gasteiger partial charge in [0.25, 0.3) is 0 Å². The second kappa shape index (κ2) is 6.18. The number of benzene rings is 1. The minimum atomic E-state index is -0.269. The molecular weight excluding hydrogens is 255 g/mol. The van der Waals surface area contributed by atoms with E-state index in [0.717, 1.165) is 19.6 Å². The fourth-order valence-electron chi connectivity index (χ4n) is 2.56. The minimum absolute atomic E-state index is 0.0258. The van der Waals surface area contributed by atoms with Crippen LogP contribution in [0, 0.1) is 5.82 Å². The zero-order valence-corrected chi connectivity index (χ0v) is 12.3. The van der Waals surface area contributed by atoms with E-state index in [2.05, 4.69) is 18.7 Å². The summed E-state index contributed by atoms with van der Waals surface area (Å²) in [5.74, 6) is -0.295. The van der Waals surface area contributed by atoms with Crippen molar-refractivity contribution in [3.8, 4) is 0 Å². The summed E-state index contributed by atoms with van der Waals surface area (Å²) in [6.07, 6.45) is 1.78. The van der Waals surface area contributed by atoms with Crippen LogP contribution in [0.3, 0.4) is 0 Å². The van der Waals surface area contributed by atoms with Crippen LogP contribution < -0.4 is 0 Å². The minimum Gasteiger partial charge on any atom is -0.343 e. The first kappa shape index (κ1) is 14.7. The fraction of sp³-hybridized carbons (Fsp3) is 0.438. The molecule has 0 fully saturated rings. The van der Waals surface area contributed by atoms with Crippen LogP contribution in [0.4, 0.5) is 4.39 Å². The molecule has 0 atom stereocenters. The number of carbonyl (C=O) groups excluding carboxylic acids is 1. The molecule has 0 saturated heterocycles. The third-order valence-corrected chi connectivity index (χ3v) is 3.78. The van der Waals surface area contributed by atoms with Gasteiger partial charge in [-0.05, 0) is 26.1 Å². The first-order valence-corrected chi connectivity index (χ1v) is 7.09. The SMILES string of the molecule is CCN(CC)CCn1cc(C(C)=O)c2cccc(F)c21. The molecule has 3 nitrogen and oxygen atoms in total. The van der Waals surface area contributed by atoms with Crippen molar-refractivity contribution in [3.05, 3.63) is 35.8 Å². The Hall–Kier alpha value is -1.68. The molecule has 2 rings (SSSR count). The number of Topliss-reactive ketones (excluding diaryl/α,β-unsaturated/α-hetero) is 1. The van der Waals surface area contributed by atoms with Gasteiger partial charge in [-0.1, -0.05) is 26.0 Å². The molecule has 1 aromatic carbocycles. The highest BCUT2D eigenvalue weighted by Gasteiger charge is 2.15.